The normalized spacial score (nSPS) is 12.0. The third-order valence-electron chi connectivity index (χ3n) is 2.81. The van der Waals surface area contributed by atoms with Gasteiger partial charge in [-0.2, -0.15) is 0 Å². The van der Waals surface area contributed by atoms with E-state index in [0.717, 1.165) is 24.5 Å². The van der Waals surface area contributed by atoms with E-state index in [1.165, 1.54) is 0 Å². The molecule has 0 radical (unpaired) electrons. The maximum atomic E-state index is 12.1. The maximum absolute atomic E-state index is 12.1. The molecular weight excluding hydrogens is 242 g/mol. The molecule has 0 bridgehead atoms. The molecule has 1 aromatic heterocycles. The smallest absolute Gasteiger partial charge is 0.251 e. The highest BCUT2D eigenvalue weighted by molar-refractivity contribution is 5.95. The first-order chi connectivity index (χ1) is 9.10. The molecule has 0 saturated heterocycles. The maximum Gasteiger partial charge on any atom is 0.251 e. The molecule has 0 aliphatic rings. The summed E-state index contributed by atoms with van der Waals surface area (Å²) in [5.74, 6) is 0.645. The minimum atomic E-state index is -0.0971. The lowest BCUT2D eigenvalue weighted by Crippen LogP contribution is -2.31. The molecule has 5 nitrogen and oxygen atoms in total. The minimum absolute atomic E-state index is 0.00432. The lowest BCUT2D eigenvalue weighted by atomic mass is 10.1. The third kappa shape index (κ3) is 4.87. The first-order valence-corrected chi connectivity index (χ1v) is 6.66. The SMILES string of the molecule is CCNc1cc(C(=O)NCC(C)OC)cc(CC)n1. The molecular formula is C14H23N3O2. The summed E-state index contributed by atoms with van der Waals surface area (Å²) in [6.45, 7) is 7.21. The number of hydrogen-bond donors (Lipinski definition) is 2. The van der Waals surface area contributed by atoms with E-state index in [2.05, 4.69) is 15.6 Å². The van der Waals surface area contributed by atoms with E-state index >= 15 is 0 Å². The molecule has 0 saturated carbocycles. The molecule has 5 heteroatoms. The van der Waals surface area contributed by atoms with Crippen molar-refractivity contribution < 1.29 is 9.53 Å². The number of pyridine rings is 1. The molecule has 0 aromatic carbocycles. The van der Waals surface area contributed by atoms with E-state index in [-0.39, 0.29) is 12.0 Å². The second kappa shape index (κ2) is 7.74. The van der Waals surface area contributed by atoms with Crippen LogP contribution in [0.4, 0.5) is 5.82 Å². The number of carbonyl (C=O) groups excluding carboxylic acids is 1. The summed E-state index contributed by atoms with van der Waals surface area (Å²) in [4.78, 5) is 16.5. The molecule has 1 rings (SSSR count). The molecule has 0 fully saturated rings. The van der Waals surface area contributed by atoms with Gasteiger partial charge in [-0.25, -0.2) is 4.98 Å². The number of nitrogens with zero attached hydrogens (tertiary/aromatic N) is 1. The van der Waals surface area contributed by atoms with Gasteiger partial charge in [0.25, 0.3) is 5.91 Å². The first kappa shape index (κ1) is 15.4. The number of amides is 1. The van der Waals surface area contributed by atoms with Gasteiger partial charge >= 0.3 is 0 Å². The molecule has 106 valence electrons. The van der Waals surface area contributed by atoms with Crippen LogP contribution in [0.2, 0.25) is 0 Å². The number of carbonyl (C=O) groups is 1. The van der Waals surface area contributed by atoms with Crippen molar-refractivity contribution in [1.29, 1.82) is 0 Å². The van der Waals surface area contributed by atoms with Gasteiger partial charge in [0.15, 0.2) is 0 Å². The van der Waals surface area contributed by atoms with Crippen molar-refractivity contribution in [2.45, 2.75) is 33.3 Å². The Morgan fingerprint density at radius 1 is 1.42 bits per heavy atom. The fourth-order valence-corrected chi connectivity index (χ4v) is 1.59. The van der Waals surface area contributed by atoms with E-state index in [4.69, 9.17) is 4.74 Å². The Labute approximate surface area is 114 Å². The Kier molecular flexibility index (Phi) is 6.29. The van der Waals surface area contributed by atoms with Crippen molar-refractivity contribution in [3.05, 3.63) is 23.4 Å². The number of aromatic nitrogens is 1. The van der Waals surface area contributed by atoms with E-state index in [1.807, 2.05) is 26.8 Å². The molecule has 1 heterocycles. The topological polar surface area (TPSA) is 63.2 Å². The van der Waals surface area contributed by atoms with E-state index in [0.29, 0.717) is 12.1 Å². The van der Waals surface area contributed by atoms with Crippen molar-refractivity contribution in [2.75, 3.05) is 25.5 Å². The Bertz CT molecular complexity index is 421. The first-order valence-electron chi connectivity index (χ1n) is 6.66. The summed E-state index contributed by atoms with van der Waals surface area (Å²) in [6, 6.07) is 3.60. The van der Waals surface area contributed by atoms with E-state index in [9.17, 15) is 4.79 Å². The van der Waals surface area contributed by atoms with Crippen LogP contribution in [-0.2, 0) is 11.2 Å². The molecule has 0 aliphatic heterocycles. The number of anilines is 1. The van der Waals surface area contributed by atoms with Gasteiger partial charge in [-0.3, -0.25) is 4.79 Å². The van der Waals surface area contributed by atoms with Crippen LogP contribution in [0, 0.1) is 0 Å². The van der Waals surface area contributed by atoms with Gasteiger partial charge in [0.05, 0.1) is 6.10 Å². The molecule has 0 aliphatic carbocycles. The molecule has 1 aromatic rings. The summed E-state index contributed by atoms with van der Waals surface area (Å²) in [5.41, 5.74) is 1.54. The monoisotopic (exact) mass is 265 g/mol. The van der Waals surface area contributed by atoms with Crippen LogP contribution in [0.25, 0.3) is 0 Å². The van der Waals surface area contributed by atoms with E-state index in [1.54, 1.807) is 13.2 Å². The summed E-state index contributed by atoms with van der Waals surface area (Å²) in [7, 11) is 1.63. The molecule has 1 amide bonds. The zero-order valence-corrected chi connectivity index (χ0v) is 12.1. The fraction of sp³-hybridized carbons (Fsp3) is 0.571. The molecule has 1 atom stereocenters. The van der Waals surface area contributed by atoms with Gasteiger partial charge in [0.1, 0.15) is 5.82 Å². The average molecular weight is 265 g/mol. The highest BCUT2D eigenvalue weighted by Crippen LogP contribution is 2.11. The van der Waals surface area contributed by atoms with Crippen LogP contribution in [0.1, 0.15) is 36.8 Å². The second-order valence-corrected chi connectivity index (χ2v) is 4.37. The standard InChI is InChI=1S/C14H23N3O2/c1-5-12-7-11(8-13(17-12)15-6-2)14(18)16-9-10(3)19-4/h7-8,10H,5-6,9H2,1-4H3,(H,15,17)(H,16,18). The summed E-state index contributed by atoms with van der Waals surface area (Å²) >= 11 is 0. The Morgan fingerprint density at radius 3 is 2.74 bits per heavy atom. The quantitative estimate of drug-likeness (QED) is 0.789. The van der Waals surface area contributed by atoms with Gasteiger partial charge in [0, 0.05) is 31.5 Å². The van der Waals surface area contributed by atoms with Crippen LogP contribution in [0.3, 0.4) is 0 Å². The Hall–Kier alpha value is -1.62. The fourth-order valence-electron chi connectivity index (χ4n) is 1.59. The highest BCUT2D eigenvalue weighted by atomic mass is 16.5. The van der Waals surface area contributed by atoms with Crippen molar-refractivity contribution in [2.24, 2.45) is 0 Å². The number of hydrogen-bond acceptors (Lipinski definition) is 4. The largest absolute Gasteiger partial charge is 0.380 e. The summed E-state index contributed by atoms with van der Waals surface area (Å²) < 4.78 is 5.10. The average Bonchev–Trinajstić information content (AvgIpc) is 2.44. The van der Waals surface area contributed by atoms with Crippen molar-refractivity contribution in [1.82, 2.24) is 10.3 Å². The Morgan fingerprint density at radius 2 is 2.16 bits per heavy atom. The zero-order valence-electron chi connectivity index (χ0n) is 12.1. The number of ether oxygens (including phenoxy) is 1. The molecule has 2 N–H and O–H groups in total. The predicted molar refractivity (Wildman–Crippen MR) is 76.6 cm³/mol. The lowest BCUT2D eigenvalue weighted by Gasteiger charge is -2.12. The molecule has 19 heavy (non-hydrogen) atoms. The van der Waals surface area contributed by atoms with Crippen LogP contribution in [0.5, 0.6) is 0 Å². The van der Waals surface area contributed by atoms with Crippen molar-refractivity contribution in [3.63, 3.8) is 0 Å². The van der Waals surface area contributed by atoms with Crippen LogP contribution in [0.15, 0.2) is 12.1 Å². The minimum Gasteiger partial charge on any atom is -0.380 e. The zero-order chi connectivity index (χ0) is 14.3. The molecule has 1 unspecified atom stereocenters. The van der Waals surface area contributed by atoms with Crippen molar-refractivity contribution in [3.8, 4) is 0 Å². The lowest BCUT2D eigenvalue weighted by molar-refractivity contribution is 0.0870. The van der Waals surface area contributed by atoms with Crippen molar-refractivity contribution >= 4 is 11.7 Å². The van der Waals surface area contributed by atoms with E-state index < -0.39 is 0 Å². The number of nitrogens with one attached hydrogen (secondary N) is 2. The van der Waals surface area contributed by atoms with Gasteiger partial charge < -0.3 is 15.4 Å². The number of methoxy groups -OCH3 is 1. The predicted octanol–water partition coefficient (Wildman–Crippen LogP) is 1.84. The van der Waals surface area contributed by atoms with Crippen LogP contribution in [-0.4, -0.2) is 37.2 Å². The summed E-state index contributed by atoms with van der Waals surface area (Å²) in [6.07, 6.45) is 0.804. The van der Waals surface area contributed by atoms with Gasteiger partial charge in [-0.05, 0) is 32.4 Å². The van der Waals surface area contributed by atoms with Crippen LogP contribution >= 0.6 is 0 Å². The second-order valence-electron chi connectivity index (χ2n) is 4.37. The third-order valence-corrected chi connectivity index (χ3v) is 2.81. The molecule has 0 spiro atoms. The summed E-state index contributed by atoms with van der Waals surface area (Å²) in [5, 5.41) is 5.99. The van der Waals surface area contributed by atoms with Gasteiger partial charge in [-0.15, -0.1) is 0 Å². The van der Waals surface area contributed by atoms with Gasteiger partial charge in [0.2, 0.25) is 0 Å². The highest BCUT2D eigenvalue weighted by Gasteiger charge is 2.10. The Balaban J connectivity index is 2.80. The van der Waals surface area contributed by atoms with Crippen LogP contribution < -0.4 is 10.6 Å². The van der Waals surface area contributed by atoms with Gasteiger partial charge in [-0.1, -0.05) is 6.92 Å². The number of rotatable bonds is 7. The number of aryl methyl sites for hydroxylation is 1.